The highest BCUT2D eigenvalue weighted by Gasteiger charge is 2.15. The molecular weight excluding hydrogens is 288 g/mol. The van der Waals surface area contributed by atoms with E-state index in [9.17, 15) is 13.6 Å². The van der Waals surface area contributed by atoms with Gasteiger partial charge in [-0.3, -0.25) is 4.79 Å². The molecule has 2 aromatic rings. The number of benzene rings is 2. The van der Waals surface area contributed by atoms with Crippen molar-refractivity contribution in [1.82, 2.24) is 0 Å². The molecule has 3 nitrogen and oxygen atoms in total. The monoisotopic (exact) mass is 297 g/mol. The molecule has 0 aliphatic carbocycles. The number of carbonyl (C=O) groups excluding carboxylic acids is 1. The van der Waals surface area contributed by atoms with Crippen LogP contribution >= 0.6 is 11.6 Å². The van der Waals surface area contributed by atoms with Gasteiger partial charge in [-0.05, 0) is 18.2 Å². The van der Waals surface area contributed by atoms with E-state index in [1.807, 2.05) is 0 Å². The lowest BCUT2D eigenvalue weighted by molar-refractivity contribution is 0.0999. The quantitative estimate of drug-likeness (QED) is 0.941. The lowest BCUT2D eigenvalue weighted by atomic mass is 10.2. The first-order valence-corrected chi connectivity index (χ1v) is 6.02. The van der Waals surface area contributed by atoms with Gasteiger partial charge in [0.15, 0.2) is 17.4 Å². The summed E-state index contributed by atoms with van der Waals surface area (Å²) in [6.07, 6.45) is 0. The predicted octanol–water partition coefficient (Wildman–Crippen LogP) is 3.30. The fourth-order valence-electron chi connectivity index (χ4n) is 1.61. The van der Waals surface area contributed by atoms with Gasteiger partial charge in [0.05, 0.1) is 0 Å². The van der Waals surface area contributed by atoms with Gasteiger partial charge in [0.25, 0.3) is 0 Å². The van der Waals surface area contributed by atoms with Crippen LogP contribution in [0.3, 0.4) is 0 Å². The van der Waals surface area contributed by atoms with Crippen molar-refractivity contribution in [2.75, 3.05) is 0 Å². The van der Waals surface area contributed by atoms with E-state index in [1.165, 1.54) is 0 Å². The minimum absolute atomic E-state index is 0.0938. The second-order valence-corrected chi connectivity index (χ2v) is 4.42. The molecule has 0 aromatic heterocycles. The molecule has 0 unspecified atom stereocenters. The number of halogens is 3. The summed E-state index contributed by atoms with van der Waals surface area (Å²) in [5.41, 5.74) is 5.29. The highest BCUT2D eigenvalue weighted by molar-refractivity contribution is 6.31. The van der Waals surface area contributed by atoms with Gasteiger partial charge < -0.3 is 10.5 Å². The van der Waals surface area contributed by atoms with Gasteiger partial charge in [-0.2, -0.15) is 0 Å². The van der Waals surface area contributed by atoms with Gasteiger partial charge >= 0.3 is 0 Å². The normalized spacial score (nSPS) is 10.3. The maximum atomic E-state index is 13.7. The van der Waals surface area contributed by atoms with Gasteiger partial charge in [0.1, 0.15) is 6.61 Å². The molecule has 2 N–H and O–H groups in total. The van der Waals surface area contributed by atoms with E-state index in [0.29, 0.717) is 10.6 Å². The summed E-state index contributed by atoms with van der Waals surface area (Å²) in [5, 5.41) is 0.432. The average molecular weight is 298 g/mol. The second-order valence-electron chi connectivity index (χ2n) is 4.01. The minimum atomic E-state index is -0.995. The Labute approximate surface area is 118 Å². The Morgan fingerprint density at radius 2 is 1.80 bits per heavy atom. The predicted molar refractivity (Wildman–Crippen MR) is 70.7 cm³/mol. The number of carbonyl (C=O) groups is 1. The smallest absolute Gasteiger partial charge is 0.248 e. The topological polar surface area (TPSA) is 52.3 Å². The number of rotatable bonds is 4. The van der Waals surface area contributed by atoms with Gasteiger partial charge in [-0.1, -0.05) is 29.8 Å². The highest BCUT2D eigenvalue weighted by atomic mass is 35.5. The zero-order chi connectivity index (χ0) is 14.7. The van der Waals surface area contributed by atoms with E-state index in [-0.39, 0.29) is 12.2 Å². The molecule has 0 radical (unpaired) electrons. The molecule has 20 heavy (non-hydrogen) atoms. The van der Waals surface area contributed by atoms with Crippen LogP contribution in [0.5, 0.6) is 5.75 Å². The average Bonchev–Trinajstić information content (AvgIpc) is 2.39. The van der Waals surface area contributed by atoms with Crippen LogP contribution in [-0.4, -0.2) is 5.91 Å². The summed E-state index contributed by atoms with van der Waals surface area (Å²) in [6, 6.07) is 8.43. The van der Waals surface area contributed by atoms with Crippen molar-refractivity contribution >= 4 is 17.5 Å². The first-order chi connectivity index (χ1) is 9.49. The lowest BCUT2D eigenvalue weighted by Crippen LogP contribution is -2.12. The van der Waals surface area contributed by atoms with Crippen LogP contribution in [0.15, 0.2) is 36.4 Å². The number of ether oxygens (including phenoxy) is 1. The molecule has 0 heterocycles. The summed E-state index contributed by atoms with van der Waals surface area (Å²) in [7, 11) is 0. The Hall–Kier alpha value is -2.14. The first kappa shape index (κ1) is 14.3. The SMILES string of the molecule is NC(=O)c1cc(F)c(OCc2ccccc2Cl)c(F)c1. The lowest BCUT2D eigenvalue weighted by Gasteiger charge is -2.10. The number of hydrogen-bond donors (Lipinski definition) is 1. The van der Waals surface area contributed by atoms with Crippen LogP contribution < -0.4 is 10.5 Å². The third kappa shape index (κ3) is 3.05. The van der Waals surface area contributed by atoms with Crippen molar-refractivity contribution in [2.45, 2.75) is 6.61 Å². The van der Waals surface area contributed by atoms with Crippen LogP contribution in [-0.2, 0) is 6.61 Å². The summed E-state index contributed by atoms with van der Waals surface area (Å²) in [6.45, 7) is -0.0938. The van der Waals surface area contributed by atoms with Crippen LogP contribution in [0.2, 0.25) is 5.02 Å². The minimum Gasteiger partial charge on any atom is -0.483 e. The van der Waals surface area contributed by atoms with Crippen molar-refractivity contribution in [3.63, 3.8) is 0 Å². The molecule has 0 fully saturated rings. The number of hydrogen-bond acceptors (Lipinski definition) is 2. The van der Waals surface area contributed by atoms with Gasteiger partial charge in [-0.15, -0.1) is 0 Å². The maximum absolute atomic E-state index is 13.7. The molecule has 0 saturated carbocycles. The summed E-state index contributed by atoms with van der Waals surface area (Å²) in [4.78, 5) is 10.9. The molecule has 0 saturated heterocycles. The summed E-state index contributed by atoms with van der Waals surface area (Å²) < 4.78 is 32.4. The fraction of sp³-hybridized carbons (Fsp3) is 0.0714. The van der Waals surface area contributed by atoms with Crippen molar-refractivity contribution < 1.29 is 18.3 Å². The van der Waals surface area contributed by atoms with Crippen LogP contribution in [0, 0.1) is 11.6 Å². The van der Waals surface area contributed by atoms with Crippen LogP contribution in [0.1, 0.15) is 15.9 Å². The van der Waals surface area contributed by atoms with E-state index in [4.69, 9.17) is 22.1 Å². The van der Waals surface area contributed by atoms with E-state index in [0.717, 1.165) is 12.1 Å². The largest absolute Gasteiger partial charge is 0.483 e. The standard InChI is InChI=1S/C14H10ClF2NO2/c15-10-4-2-1-3-8(10)7-20-13-11(16)5-9(14(18)19)6-12(13)17/h1-6H,7H2,(H2,18,19). The molecule has 104 valence electrons. The third-order valence-electron chi connectivity index (χ3n) is 2.61. The van der Waals surface area contributed by atoms with E-state index >= 15 is 0 Å². The molecule has 0 aliphatic heterocycles. The van der Waals surface area contributed by atoms with Crippen molar-refractivity contribution in [3.05, 3.63) is 64.2 Å². The molecule has 2 aromatic carbocycles. The van der Waals surface area contributed by atoms with Crippen LogP contribution in [0.4, 0.5) is 8.78 Å². The van der Waals surface area contributed by atoms with E-state index < -0.39 is 23.3 Å². The van der Waals surface area contributed by atoms with Crippen molar-refractivity contribution in [3.8, 4) is 5.75 Å². The number of amides is 1. The molecule has 2 rings (SSSR count). The Morgan fingerprint density at radius 1 is 1.20 bits per heavy atom. The Kier molecular flexibility index (Phi) is 4.20. The van der Waals surface area contributed by atoms with Crippen molar-refractivity contribution in [1.29, 1.82) is 0 Å². The second kappa shape index (κ2) is 5.88. The van der Waals surface area contributed by atoms with E-state index in [1.54, 1.807) is 24.3 Å². The molecule has 6 heteroatoms. The molecular formula is C14H10ClF2NO2. The molecule has 0 aliphatic rings. The number of primary amides is 1. The highest BCUT2D eigenvalue weighted by Crippen LogP contribution is 2.25. The Morgan fingerprint density at radius 3 is 2.35 bits per heavy atom. The Bertz CT molecular complexity index is 638. The maximum Gasteiger partial charge on any atom is 0.248 e. The molecule has 0 spiro atoms. The third-order valence-corrected chi connectivity index (χ3v) is 2.98. The zero-order valence-corrected chi connectivity index (χ0v) is 11.0. The summed E-state index contributed by atoms with van der Waals surface area (Å²) in [5.74, 6) is -3.48. The van der Waals surface area contributed by atoms with Crippen molar-refractivity contribution in [2.24, 2.45) is 5.73 Å². The Balaban J connectivity index is 2.22. The van der Waals surface area contributed by atoms with Gasteiger partial charge in [0, 0.05) is 16.1 Å². The van der Waals surface area contributed by atoms with Gasteiger partial charge in [0.2, 0.25) is 5.91 Å². The fourth-order valence-corrected chi connectivity index (χ4v) is 1.80. The molecule has 0 atom stereocenters. The van der Waals surface area contributed by atoms with Crippen LogP contribution in [0.25, 0.3) is 0 Å². The number of nitrogens with two attached hydrogens (primary N) is 1. The first-order valence-electron chi connectivity index (χ1n) is 5.64. The zero-order valence-electron chi connectivity index (χ0n) is 10.2. The molecule has 1 amide bonds. The van der Waals surface area contributed by atoms with Gasteiger partial charge in [-0.25, -0.2) is 8.78 Å². The van der Waals surface area contributed by atoms with E-state index in [2.05, 4.69) is 0 Å². The summed E-state index contributed by atoms with van der Waals surface area (Å²) >= 11 is 5.91. The molecule has 0 bridgehead atoms.